The monoisotopic (exact) mass is 264 g/mol. The molecule has 2 amide bonds. The maximum atomic E-state index is 12.2. The standard InChI is InChI=1S/C14H20N2O3/c1-2-9-16(10-11-5-6-11)13(19)15-14(12(17)18)7-3-4-8-14/h1,11H,3-10H2,(H,15,19)(H,17,18). The highest BCUT2D eigenvalue weighted by Gasteiger charge is 2.43. The zero-order valence-electron chi connectivity index (χ0n) is 11.0. The Morgan fingerprint density at radius 3 is 2.47 bits per heavy atom. The Kier molecular flexibility index (Phi) is 3.98. The molecular weight excluding hydrogens is 244 g/mol. The van der Waals surface area contributed by atoms with Crippen LogP contribution >= 0.6 is 0 Å². The summed E-state index contributed by atoms with van der Waals surface area (Å²) in [4.78, 5) is 25.2. The van der Waals surface area contributed by atoms with Crippen molar-refractivity contribution >= 4 is 12.0 Å². The minimum atomic E-state index is -1.09. The number of urea groups is 1. The van der Waals surface area contributed by atoms with E-state index in [1.54, 1.807) is 4.90 Å². The van der Waals surface area contributed by atoms with Gasteiger partial charge in [0.2, 0.25) is 0 Å². The third kappa shape index (κ3) is 3.19. The minimum absolute atomic E-state index is 0.234. The number of hydrogen-bond donors (Lipinski definition) is 2. The summed E-state index contributed by atoms with van der Waals surface area (Å²) in [6, 6.07) is -0.339. The smallest absolute Gasteiger partial charge is 0.329 e. The van der Waals surface area contributed by atoms with E-state index in [1.165, 1.54) is 0 Å². The number of amides is 2. The number of aliphatic carboxylic acids is 1. The van der Waals surface area contributed by atoms with Crippen LogP contribution in [0.2, 0.25) is 0 Å². The number of carboxylic acids is 1. The summed E-state index contributed by atoms with van der Waals surface area (Å²) in [6.45, 7) is 0.865. The van der Waals surface area contributed by atoms with Crippen molar-refractivity contribution in [1.29, 1.82) is 0 Å². The second-order valence-corrected chi connectivity index (χ2v) is 5.55. The van der Waals surface area contributed by atoms with Gasteiger partial charge in [-0.05, 0) is 31.6 Å². The Morgan fingerprint density at radius 1 is 1.37 bits per heavy atom. The van der Waals surface area contributed by atoms with Crippen molar-refractivity contribution < 1.29 is 14.7 Å². The van der Waals surface area contributed by atoms with Crippen molar-refractivity contribution in [3.05, 3.63) is 0 Å². The fourth-order valence-corrected chi connectivity index (χ4v) is 2.60. The fraction of sp³-hybridized carbons (Fsp3) is 0.714. The third-order valence-electron chi connectivity index (χ3n) is 3.96. The first-order valence-corrected chi connectivity index (χ1v) is 6.81. The van der Waals surface area contributed by atoms with Crippen LogP contribution in [0.25, 0.3) is 0 Å². The Labute approximate surface area is 113 Å². The molecule has 2 N–H and O–H groups in total. The van der Waals surface area contributed by atoms with Crippen LogP contribution in [0.4, 0.5) is 4.79 Å². The molecule has 0 radical (unpaired) electrons. The molecule has 2 fully saturated rings. The van der Waals surface area contributed by atoms with Crippen molar-refractivity contribution in [1.82, 2.24) is 10.2 Å². The molecule has 0 atom stereocenters. The Hall–Kier alpha value is -1.70. The second kappa shape index (κ2) is 5.52. The van der Waals surface area contributed by atoms with Gasteiger partial charge in [0.15, 0.2) is 0 Å². The quantitative estimate of drug-likeness (QED) is 0.738. The van der Waals surface area contributed by atoms with Gasteiger partial charge >= 0.3 is 12.0 Å². The van der Waals surface area contributed by atoms with E-state index in [-0.39, 0.29) is 12.6 Å². The van der Waals surface area contributed by atoms with E-state index in [0.717, 1.165) is 25.7 Å². The summed E-state index contributed by atoms with van der Waals surface area (Å²) in [5, 5.41) is 12.0. The zero-order valence-corrected chi connectivity index (χ0v) is 11.0. The van der Waals surface area contributed by atoms with E-state index in [9.17, 15) is 14.7 Å². The van der Waals surface area contributed by atoms with E-state index in [2.05, 4.69) is 11.2 Å². The van der Waals surface area contributed by atoms with Gasteiger partial charge in [0.1, 0.15) is 5.54 Å². The lowest BCUT2D eigenvalue weighted by Gasteiger charge is -2.29. The molecule has 0 heterocycles. The van der Waals surface area contributed by atoms with Gasteiger partial charge in [0.05, 0.1) is 6.54 Å². The van der Waals surface area contributed by atoms with Crippen LogP contribution in [0, 0.1) is 18.3 Å². The zero-order chi connectivity index (χ0) is 13.9. The average molecular weight is 264 g/mol. The molecule has 0 unspecified atom stereocenters. The number of nitrogens with one attached hydrogen (secondary N) is 1. The average Bonchev–Trinajstić information content (AvgIpc) is 3.05. The number of hydrogen-bond acceptors (Lipinski definition) is 2. The van der Waals surface area contributed by atoms with Gasteiger partial charge in [-0.25, -0.2) is 9.59 Å². The van der Waals surface area contributed by atoms with Crippen LogP contribution in [0.3, 0.4) is 0 Å². The molecule has 0 bridgehead atoms. The number of rotatable bonds is 5. The van der Waals surface area contributed by atoms with Gasteiger partial charge in [-0.1, -0.05) is 18.8 Å². The highest BCUT2D eigenvalue weighted by atomic mass is 16.4. The van der Waals surface area contributed by atoms with Crippen molar-refractivity contribution in [3.63, 3.8) is 0 Å². The van der Waals surface area contributed by atoms with Crippen LogP contribution in [0.5, 0.6) is 0 Å². The number of carbonyl (C=O) groups excluding carboxylic acids is 1. The summed E-state index contributed by atoms with van der Waals surface area (Å²) in [5.41, 5.74) is -1.09. The molecule has 0 aromatic carbocycles. The van der Waals surface area contributed by atoms with Crippen molar-refractivity contribution in [3.8, 4) is 12.3 Å². The maximum absolute atomic E-state index is 12.2. The van der Waals surface area contributed by atoms with E-state index >= 15 is 0 Å². The van der Waals surface area contributed by atoms with E-state index in [0.29, 0.717) is 25.3 Å². The first-order valence-electron chi connectivity index (χ1n) is 6.81. The van der Waals surface area contributed by atoms with Crippen LogP contribution in [0.15, 0.2) is 0 Å². The van der Waals surface area contributed by atoms with E-state index in [1.807, 2.05) is 0 Å². The summed E-state index contributed by atoms with van der Waals surface area (Å²) >= 11 is 0. The van der Waals surface area contributed by atoms with Gasteiger partial charge in [0.25, 0.3) is 0 Å². The summed E-state index contributed by atoms with van der Waals surface area (Å²) in [5.74, 6) is 2.06. The maximum Gasteiger partial charge on any atom is 0.329 e. The molecule has 2 aliphatic carbocycles. The number of terminal acetylenes is 1. The topological polar surface area (TPSA) is 69.6 Å². The van der Waals surface area contributed by atoms with Gasteiger partial charge in [0, 0.05) is 6.54 Å². The molecule has 0 aromatic rings. The highest BCUT2D eigenvalue weighted by Crippen LogP contribution is 2.32. The van der Waals surface area contributed by atoms with Crippen molar-refractivity contribution in [2.24, 2.45) is 5.92 Å². The molecule has 0 aromatic heterocycles. The Morgan fingerprint density at radius 2 is 2.00 bits per heavy atom. The Balaban J connectivity index is 2.00. The molecule has 0 spiro atoms. The molecule has 5 nitrogen and oxygen atoms in total. The van der Waals surface area contributed by atoms with Gasteiger partial charge < -0.3 is 15.3 Å². The Bertz CT molecular complexity index is 403. The van der Waals surface area contributed by atoms with Crippen molar-refractivity contribution in [2.45, 2.75) is 44.1 Å². The van der Waals surface area contributed by atoms with Crippen LogP contribution in [-0.2, 0) is 4.79 Å². The molecule has 2 rings (SSSR count). The molecular formula is C14H20N2O3. The summed E-state index contributed by atoms with van der Waals surface area (Å²) in [7, 11) is 0. The van der Waals surface area contributed by atoms with Gasteiger partial charge in [-0.3, -0.25) is 0 Å². The largest absolute Gasteiger partial charge is 0.480 e. The first kappa shape index (κ1) is 13.7. The van der Waals surface area contributed by atoms with E-state index < -0.39 is 11.5 Å². The fourth-order valence-electron chi connectivity index (χ4n) is 2.60. The molecule has 19 heavy (non-hydrogen) atoms. The number of carboxylic acid groups (broad SMARTS) is 1. The third-order valence-corrected chi connectivity index (χ3v) is 3.96. The normalized spacial score (nSPS) is 20.6. The number of carbonyl (C=O) groups is 2. The van der Waals surface area contributed by atoms with E-state index in [4.69, 9.17) is 6.42 Å². The second-order valence-electron chi connectivity index (χ2n) is 5.55. The summed E-state index contributed by atoms with van der Waals surface area (Å²) in [6.07, 6.45) is 10.2. The predicted octanol–water partition coefficient (Wildman–Crippen LogP) is 1.44. The molecule has 0 saturated heterocycles. The molecule has 2 aliphatic rings. The van der Waals surface area contributed by atoms with Gasteiger partial charge in [-0.15, -0.1) is 6.42 Å². The first-order chi connectivity index (χ1) is 9.07. The predicted molar refractivity (Wildman–Crippen MR) is 70.5 cm³/mol. The minimum Gasteiger partial charge on any atom is -0.480 e. The van der Waals surface area contributed by atoms with Crippen LogP contribution in [-0.4, -0.2) is 40.6 Å². The lowest BCUT2D eigenvalue weighted by atomic mass is 9.98. The SMILES string of the molecule is C#CCN(CC1CC1)C(=O)NC1(C(=O)O)CCCC1. The van der Waals surface area contributed by atoms with Crippen LogP contribution in [0.1, 0.15) is 38.5 Å². The van der Waals surface area contributed by atoms with Crippen LogP contribution < -0.4 is 5.32 Å². The lowest BCUT2D eigenvalue weighted by molar-refractivity contribution is -0.144. The molecule has 0 aliphatic heterocycles. The molecule has 104 valence electrons. The van der Waals surface area contributed by atoms with Gasteiger partial charge in [-0.2, -0.15) is 0 Å². The van der Waals surface area contributed by atoms with Crippen molar-refractivity contribution in [2.75, 3.05) is 13.1 Å². The highest BCUT2D eigenvalue weighted by molar-refractivity contribution is 5.86. The summed E-state index contributed by atoms with van der Waals surface area (Å²) < 4.78 is 0. The lowest BCUT2D eigenvalue weighted by Crippen LogP contribution is -2.56. The molecule has 2 saturated carbocycles. The molecule has 5 heteroatoms. The number of nitrogens with zero attached hydrogens (tertiary/aromatic N) is 1.